The summed E-state index contributed by atoms with van der Waals surface area (Å²) in [5, 5.41) is 8.66. The molecule has 0 fully saturated rings. The van der Waals surface area contributed by atoms with E-state index in [4.69, 9.17) is 5.11 Å². The lowest BCUT2D eigenvalue weighted by Crippen LogP contribution is -2.42. The van der Waals surface area contributed by atoms with E-state index in [9.17, 15) is 14.4 Å². The van der Waals surface area contributed by atoms with Crippen LogP contribution in [0.1, 0.15) is 20.3 Å². The first-order valence-electron chi connectivity index (χ1n) is 5.94. The third-order valence-corrected chi connectivity index (χ3v) is 2.60. The van der Waals surface area contributed by atoms with Crippen molar-refractivity contribution < 1.29 is 14.7 Å². The number of nitrogens with zero attached hydrogens (tertiary/aromatic N) is 3. The van der Waals surface area contributed by atoms with Crippen molar-refractivity contribution in [2.24, 2.45) is 0 Å². The molecule has 0 unspecified atom stereocenters. The first-order valence-corrected chi connectivity index (χ1v) is 5.94. The van der Waals surface area contributed by atoms with Crippen LogP contribution in [0.3, 0.4) is 0 Å². The van der Waals surface area contributed by atoms with E-state index in [1.54, 1.807) is 19.9 Å². The molecule has 7 nitrogen and oxygen atoms in total. The number of aromatic nitrogens is 2. The Morgan fingerprint density at radius 3 is 2.68 bits per heavy atom. The molecule has 0 bridgehead atoms. The quantitative estimate of drug-likeness (QED) is 0.780. The van der Waals surface area contributed by atoms with Crippen molar-refractivity contribution in [2.75, 3.05) is 6.54 Å². The predicted octanol–water partition coefficient (Wildman–Crippen LogP) is -0.0450. The van der Waals surface area contributed by atoms with Crippen molar-refractivity contribution in [3.63, 3.8) is 0 Å². The third-order valence-electron chi connectivity index (χ3n) is 2.60. The zero-order chi connectivity index (χ0) is 14.4. The molecule has 0 aromatic carbocycles. The molecule has 104 valence electrons. The van der Waals surface area contributed by atoms with Crippen LogP contribution in [0.15, 0.2) is 23.3 Å². The van der Waals surface area contributed by atoms with Gasteiger partial charge in [0.05, 0.1) is 6.42 Å². The van der Waals surface area contributed by atoms with Gasteiger partial charge in [0.25, 0.3) is 0 Å². The van der Waals surface area contributed by atoms with Gasteiger partial charge in [0.15, 0.2) is 0 Å². The Hall–Kier alpha value is -2.18. The molecule has 1 rings (SSSR count). The average Bonchev–Trinajstić information content (AvgIpc) is 2.31. The smallest absolute Gasteiger partial charge is 0.347 e. The van der Waals surface area contributed by atoms with E-state index in [0.717, 1.165) is 0 Å². The molecule has 0 saturated heterocycles. The Morgan fingerprint density at radius 2 is 2.16 bits per heavy atom. The number of hydrogen-bond donors (Lipinski definition) is 1. The van der Waals surface area contributed by atoms with Gasteiger partial charge in [-0.15, -0.1) is 0 Å². The highest BCUT2D eigenvalue weighted by atomic mass is 16.4. The van der Waals surface area contributed by atoms with E-state index in [1.807, 2.05) is 0 Å². The van der Waals surface area contributed by atoms with Crippen LogP contribution in [0, 0.1) is 0 Å². The molecule has 1 N–H and O–H groups in total. The lowest BCUT2D eigenvalue weighted by Gasteiger charge is -2.26. The molecular formula is C12H17N3O4. The summed E-state index contributed by atoms with van der Waals surface area (Å²) in [6.07, 6.45) is 2.71. The maximum absolute atomic E-state index is 12.1. The minimum atomic E-state index is -0.961. The fourth-order valence-electron chi connectivity index (χ4n) is 1.63. The number of carbonyl (C=O) groups is 2. The summed E-state index contributed by atoms with van der Waals surface area (Å²) in [7, 11) is 0. The number of rotatable bonds is 6. The van der Waals surface area contributed by atoms with Crippen LogP contribution in [-0.2, 0) is 16.1 Å². The third kappa shape index (κ3) is 4.53. The van der Waals surface area contributed by atoms with Crippen LogP contribution in [0.2, 0.25) is 0 Å². The van der Waals surface area contributed by atoms with E-state index >= 15 is 0 Å². The number of aliphatic carboxylic acids is 1. The predicted molar refractivity (Wildman–Crippen MR) is 67.6 cm³/mol. The molecule has 0 spiro atoms. The van der Waals surface area contributed by atoms with Crippen LogP contribution in [0.4, 0.5) is 0 Å². The standard InChI is InChI=1S/C12H17N3O4/c1-9(2)15(7-4-11(17)18)10(16)8-14-6-3-5-13-12(14)19/h3,5-6,9H,4,7-8H2,1-2H3,(H,17,18). The second-order valence-electron chi connectivity index (χ2n) is 4.35. The summed E-state index contributed by atoms with van der Waals surface area (Å²) in [5.41, 5.74) is -0.502. The van der Waals surface area contributed by atoms with E-state index in [1.165, 1.54) is 21.9 Å². The molecule has 0 radical (unpaired) electrons. The largest absolute Gasteiger partial charge is 0.481 e. The van der Waals surface area contributed by atoms with Gasteiger partial charge in [0.2, 0.25) is 5.91 Å². The van der Waals surface area contributed by atoms with Crippen molar-refractivity contribution in [1.29, 1.82) is 0 Å². The number of amides is 1. The van der Waals surface area contributed by atoms with Crippen molar-refractivity contribution in [1.82, 2.24) is 14.5 Å². The molecule has 1 aromatic rings. The van der Waals surface area contributed by atoms with Crippen molar-refractivity contribution >= 4 is 11.9 Å². The highest BCUT2D eigenvalue weighted by molar-refractivity contribution is 5.77. The molecule has 1 aromatic heterocycles. The monoisotopic (exact) mass is 267 g/mol. The maximum Gasteiger partial charge on any atom is 0.347 e. The highest BCUT2D eigenvalue weighted by Gasteiger charge is 2.18. The molecule has 1 heterocycles. The Bertz CT molecular complexity index is 510. The molecule has 0 aliphatic carbocycles. The van der Waals surface area contributed by atoms with Crippen LogP contribution in [-0.4, -0.2) is 44.0 Å². The van der Waals surface area contributed by atoms with Gasteiger partial charge >= 0.3 is 11.7 Å². The first-order chi connectivity index (χ1) is 8.91. The van der Waals surface area contributed by atoms with Gasteiger partial charge in [0.1, 0.15) is 6.54 Å². The number of carboxylic acid groups (broad SMARTS) is 1. The lowest BCUT2D eigenvalue weighted by atomic mass is 10.2. The summed E-state index contributed by atoms with van der Waals surface area (Å²) in [6, 6.07) is 1.44. The molecule has 0 saturated carbocycles. The normalized spacial score (nSPS) is 10.5. The van der Waals surface area contributed by atoms with Crippen molar-refractivity contribution in [2.45, 2.75) is 32.9 Å². The Morgan fingerprint density at radius 1 is 1.47 bits per heavy atom. The highest BCUT2D eigenvalue weighted by Crippen LogP contribution is 2.02. The fourth-order valence-corrected chi connectivity index (χ4v) is 1.63. The van der Waals surface area contributed by atoms with E-state index in [2.05, 4.69) is 4.98 Å². The molecule has 19 heavy (non-hydrogen) atoms. The van der Waals surface area contributed by atoms with E-state index < -0.39 is 11.7 Å². The van der Waals surface area contributed by atoms with Gasteiger partial charge in [-0.05, 0) is 19.9 Å². The molecule has 7 heteroatoms. The van der Waals surface area contributed by atoms with Gasteiger partial charge in [-0.1, -0.05) is 0 Å². The Labute approximate surface area is 110 Å². The first kappa shape index (κ1) is 14.9. The number of carboxylic acids is 1. The molecule has 1 amide bonds. The fraction of sp³-hybridized carbons (Fsp3) is 0.500. The van der Waals surface area contributed by atoms with E-state index in [0.29, 0.717) is 0 Å². The summed E-state index contributed by atoms with van der Waals surface area (Å²) in [5.74, 6) is -1.26. The number of carbonyl (C=O) groups excluding carboxylic acids is 1. The van der Waals surface area contributed by atoms with Crippen molar-refractivity contribution in [3.8, 4) is 0 Å². The van der Waals surface area contributed by atoms with Gasteiger partial charge in [-0.25, -0.2) is 9.78 Å². The van der Waals surface area contributed by atoms with Gasteiger partial charge in [-0.3, -0.25) is 14.2 Å². The Kier molecular flexibility index (Phi) is 5.23. The number of hydrogen-bond acceptors (Lipinski definition) is 4. The van der Waals surface area contributed by atoms with E-state index in [-0.39, 0.29) is 31.5 Å². The van der Waals surface area contributed by atoms with Gasteiger partial charge in [-0.2, -0.15) is 0 Å². The summed E-state index contributed by atoms with van der Waals surface area (Å²) in [4.78, 5) is 39.0. The zero-order valence-corrected chi connectivity index (χ0v) is 10.9. The summed E-state index contributed by atoms with van der Waals surface area (Å²) >= 11 is 0. The van der Waals surface area contributed by atoms with Crippen LogP contribution >= 0.6 is 0 Å². The topological polar surface area (TPSA) is 92.5 Å². The summed E-state index contributed by atoms with van der Waals surface area (Å²) in [6.45, 7) is 3.59. The average molecular weight is 267 g/mol. The minimum Gasteiger partial charge on any atom is -0.481 e. The second kappa shape index (κ2) is 6.67. The van der Waals surface area contributed by atoms with Crippen molar-refractivity contribution in [3.05, 3.63) is 28.9 Å². The minimum absolute atomic E-state index is 0.119. The lowest BCUT2D eigenvalue weighted by molar-refractivity contribution is -0.139. The summed E-state index contributed by atoms with van der Waals surface area (Å²) < 4.78 is 1.19. The maximum atomic E-state index is 12.1. The molecule has 0 aliphatic heterocycles. The van der Waals surface area contributed by atoms with Crippen LogP contribution in [0.5, 0.6) is 0 Å². The van der Waals surface area contributed by atoms with Gasteiger partial charge < -0.3 is 10.0 Å². The molecule has 0 atom stereocenters. The molecular weight excluding hydrogens is 250 g/mol. The SMILES string of the molecule is CC(C)N(CCC(=O)O)C(=O)Cn1cccnc1=O. The second-order valence-corrected chi connectivity index (χ2v) is 4.35. The van der Waals surface area contributed by atoms with Crippen LogP contribution < -0.4 is 5.69 Å². The molecule has 0 aliphatic rings. The zero-order valence-electron chi connectivity index (χ0n) is 10.9. The van der Waals surface area contributed by atoms with Crippen LogP contribution in [0.25, 0.3) is 0 Å². The van der Waals surface area contributed by atoms with Gasteiger partial charge in [0, 0.05) is 25.0 Å². The Balaban J connectivity index is 2.75.